The summed E-state index contributed by atoms with van der Waals surface area (Å²) in [6, 6.07) is 6.63. The third-order valence-corrected chi connectivity index (χ3v) is 3.65. The second-order valence-corrected chi connectivity index (χ2v) is 4.68. The molecule has 0 saturated heterocycles. The van der Waals surface area contributed by atoms with Gasteiger partial charge in [-0.1, -0.05) is 16.6 Å². The van der Waals surface area contributed by atoms with Gasteiger partial charge in [-0.15, -0.1) is 16.9 Å². The van der Waals surface area contributed by atoms with E-state index in [1.54, 1.807) is 18.2 Å². The third kappa shape index (κ3) is 2.49. The maximum Gasteiger partial charge on any atom is 0.148 e. The van der Waals surface area contributed by atoms with Crippen LogP contribution in [0.15, 0.2) is 29.2 Å². The summed E-state index contributed by atoms with van der Waals surface area (Å²) in [7, 11) is 0. The molecule has 7 heteroatoms. The fourth-order valence-electron chi connectivity index (χ4n) is 1.12. The number of halogens is 1. The van der Waals surface area contributed by atoms with Gasteiger partial charge in [-0.25, -0.2) is 10.2 Å². The first-order valence-electron chi connectivity index (χ1n) is 4.46. The number of hydrazine groups is 1. The van der Waals surface area contributed by atoms with Crippen molar-refractivity contribution in [2.24, 2.45) is 5.84 Å². The molecule has 2 rings (SSSR count). The molecular formula is C9H9FN4S2. The molecule has 84 valence electrons. The third-order valence-electron chi connectivity index (χ3n) is 1.89. The molecular weight excluding hydrogens is 247 g/mol. The maximum atomic E-state index is 13.3. The number of rotatable bonds is 4. The van der Waals surface area contributed by atoms with Crippen LogP contribution in [0.4, 0.5) is 9.39 Å². The van der Waals surface area contributed by atoms with Crippen LogP contribution in [-0.4, -0.2) is 9.59 Å². The van der Waals surface area contributed by atoms with Crippen molar-refractivity contribution in [1.82, 2.24) is 9.59 Å². The van der Waals surface area contributed by atoms with Gasteiger partial charge in [0.05, 0.1) is 0 Å². The van der Waals surface area contributed by atoms with E-state index in [1.165, 1.54) is 29.4 Å². The molecule has 1 aromatic carbocycles. The van der Waals surface area contributed by atoms with Crippen molar-refractivity contribution in [2.45, 2.75) is 10.6 Å². The zero-order chi connectivity index (χ0) is 11.4. The van der Waals surface area contributed by atoms with Crippen LogP contribution in [0.1, 0.15) is 5.69 Å². The number of nitrogen functional groups attached to an aromatic ring is 1. The number of benzene rings is 1. The number of nitrogens with zero attached hydrogens (tertiary/aromatic N) is 2. The monoisotopic (exact) mass is 256 g/mol. The van der Waals surface area contributed by atoms with E-state index >= 15 is 0 Å². The first-order valence-corrected chi connectivity index (χ1v) is 6.22. The average Bonchev–Trinajstić information content (AvgIpc) is 2.75. The lowest BCUT2D eigenvalue weighted by Gasteiger charge is -2.01. The minimum Gasteiger partial charge on any atom is -0.313 e. The highest BCUT2D eigenvalue weighted by Gasteiger charge is 2.08. The minimum atomic E-state index is -0.224. The van der Waals surface area contributed by atoms with Crippen molar-refractivity contribution < 1.29 is 4.39 Å². The molecule has 2 aromatic rings. The Labute approximate surface area is 100 Å². The van der Waals surface area contributed by atoms with Crippen LogP contribution in [0.25, 0.3) is 0 Å². The van der Waals surface area contributed by atoms with Gasteiger partial charge in [0.25, 0.3) is 0 Å². The lowest BCUT2D eigenvalue weighted by atomic mass is 10.3. The zero-order valence-corrected chi connectivity index (χ0v) is 9.82. The molecule has 0 fully saturated rings. The van der Waals surface area contributed by atoms with Gasteiger partial charge in [0.15, 0.2) is 0 Å². The lowest BCUT2D eigenvalue weighted by Crippen LogP contribution is -2.06. The summed E-state index contributed by atoms with van der Waals surface area (Å²) >= 11 is 2.55. The summed E-state index contributed by atoms with van der Waals surface area (Å²) in [4.78, 5) is 0.596. The fraction of sp³-hybridized carbons (Fsp3) is 0.111. The molecule has 0 aliphatic carbocycles. The van der Waals surface area contributed by atoms with E-state index in [0.29, 0.717) is 15.6 Å². The Bertz CT molecular complexity index is 474. The van der Waals surface area contributed by atoms with Gasteiger partial charge in [0.1, 0.15) is 16.5 Å². The van der Waals surface area contributed by atoms with Crippen molar-refractivity contribution in [1.29, 1.82) is 0 Å². The predicted molar refractivity (Wildman–Crippen MR) is 63.7 cm³/mol. The van der Waals surface area contributed by atoms with Crippen LogP contribution in [0.3, 0.4) is 0 Å². The molecule has 0 aliphatic heterocycles. The Balaban J connectivity index is 2.05. The summed E-state index contributed by atoms with van der Waals surface area (Å²) in [5.41, 5.74) is 3.25. The van der Waals surface area contributed by atoms with Crippen LogP contribution in [0.5, 0.6) is 0 Å². The van der Waals surface area contributed by atoms with Crippen LogP contribution in [0, 0.1) is 5.82 Å². The first-order chi connectivity index (χ1) is 7.81. The first kappa shape index (κ1) is 11.3. The van der Waals surface area contributed by atoms with Crippen molar-refractivity contribution in [3.8, 4) is 0 Å². The van der Waals surface area contributed by atoms with E-state index in [9.17, 15) is 4.39 Å². The molecule has 3 N–H and O–H groups in total. The average molecular weight is 256 g/mol. The van der Waals surface area contributed by atoms with Crippen molar-refractivity contribution >= 4 is 28.3 Å². The summed E-state index contributed by atoms with van der Waals surface area (Å²) in [6.45, 7) is 0. The van der Waals surface area contributed by atoms with Crippen LogP contribution in [-0.2, 0) is 5.75 Å². The molecule has 0 amide bonds. The van der Waals surface area contributed by atoms with Gasteiger partial charge >= 0.3 is 0 Å². The SMILES string of the molecule is NNc1snnc1CSc1ccccc1F. The quantitative estimate of drug-likeness (QED) is 0.499. The molecule has 0 unspecified atom stereocenters. The van der Waals surface area contributed by atoms with Gasteiger partial charge < -0.3 is 5.43 Å². The number of hydrogen-bond donors (Lipinski definition) is 2. The second-order valence-electron chi connectivity index (χ2n) is 2.91. The standard InChI is InChI=1S/C9H9FN4S2/c10-6-3-1-2-4-8(6)15-5-7-9(12-11)16-14-13-7/h1-4,12H,5,11H2. The van der Waals surface area contributed by atoms with Gasteiger partial charge in [-0.3, -0.25) is 0 Å². The number of nitrogens with one attached hydrogen (secondary N) is 1. The van der Waals surface area contributed by atoms with Crippen molar-refractivity contribution in [3.05, 3.63) is 35.8 Å². The van der Waals surface area contributed by atoms with Gasteiger partial charge in [0.2, 0.25) is 0 Å². The molecule has 1 aromatic heterocycles. The highest BCUT2D eigenvalue weighted by molar-refractivity contribution is 7.98. The smallest absolute Gasteiger partial charge is 0.148 e. The Morgan fingerprint density at radius 1 is 1.44 bits per heavy atom. The van der Waals surface area contributed by atoms with E-state index in [4.69, 9.17) is 5.84 Å². The lowest BCUT2D eigenvalue weighted by molar-refractivity contribution is 0.602. The van der Waals surface area contributed by atoms with E-state index in [2.05, 4.69) is 15.0 Å². The largest absolute Gasteiger partial charge is 0.313 e. The van der Waals surface area contributed by atoms with Gasteiger partial charge in [-0.05, 0) is 12.1 Å². The molecule has 16 heavy (non-hydrogen) atoms. The van der Waals surface area contributed by atoms with Crippen LogP contribution >= 0.6 is 23.3 Å². The number of thioether (sulfide) groups is 1. The molecule has 0 saturated carbocycles. The number of hydrogen-bond acceptors (Lipinski definition) is 6. The molecule has 0 aliphatic rings. The Hall–Kier alpha value is -1.18. The second kappa shape index (κ2) is 5.24. The van der Waals surface area contributed by atoms with Crippen molar-refractivity contribution in [2.75, 3.05) is 5.43 Å². The fourth-order valence-corrected chi connectivity index (χ4v) is 2.58. The normalized spacial score (nSPS) is 10.4. The molecule has 0 bridgehead atoms. The van der Waals surface area contributed by atoms with Crippen LogP contribution in [0.2, 0.25) is 0 Å². The minimum absolute atomic E-state index is 0.224. The zero-order valence-electron chi connectivity index (χ0n) is 8.18. The Kier molecular flexibility index (Phi) is 3.70. The highest BCUT2D eigenvalue weighted by Crippen LogP contribution is 2.28. The van der Waals surface area contributed by atoms with E-state index < -0.39 is 0 Å². The van der Waals surface area contributed by atoms with Crippen LogP contribution < -0.4 is 11.3 Å². The number of nitrogens with two attached hydrogens (primary N) is 1. The Morgan fingerprint density at radius 2 is 2.25 bits per heavy atom. The maximum absolute atomic E-state index is 13.3. The molecule has 1 heterocycles. The van der Waals surface area contributed by atoms with E-state index in [-0.39, 0.29) is 5.82 Å². The topological polar surface area (TPSA) is 63.8 Å². The predicted octanol–water partition coefficient (Wildman–Crippen LogP) is 2.26. The highest BCUT2D eigenvalue weighted by atomic mass is 32.2. The number of anilines is 1. The number of aromatic nitrogens is 2. The van der Waals surface area contributed by atoms with E-state index in [1.807, 2.05) is 0 Å². The van der Waals surface area contributed by atoms with Crippen molar-refractivity contribution in [3.63, 3.8) is 0 Å². The molecule has 0 atom stereocenters. The molecule has 4 nitrogen and oxygen atoms in total. The summed E-state index contributed by atoms with van der Waals surface area (Å²) < 4.78 is 17.1. The van der Waals surface area contributed by atoms with Gasteiger partial charge in [-0.2, -0.15) is 0 Å². The molecule has 0 radical (unpaired) electrons. The summed E-state index contributed by atoms with van der Waals surface area (Å²) in [5.74, 6) is 5.61. The van der Waals surface area contributed by atoms with Gasteiger partial charge in [0, 0.05) is 22.2 Å². The molecule has 0 spiro atoms. The summed E-state index contributed by atoms with van der Waals surface area (Å²) in [5, 5.41) is 4.63. The summed E-state index contributed by atoms with van der Waals surface area (Å²) in [6.07, 6.45) is 0. The van der Waals surface area contributed by atoms with E-state index in [0.717, 1.165) is 5.69 Å². The Morgan fingerprint density at radius 3 is 3.00 bits per heavy atom.